The first-order valence-corrected chi connectivity index (χ1v) is 14.3. The quantitative estimate of drug-likeness (QED) is 0.313. The van der Waals surface area contributed by atoms with Crippen LogP contribution in [0.1, 0.15) is 16.8 Å². The molecule has 1 aromatic heterocycles. The van der Waals surface area contributed by atoms with Crippen molar-refractivity contribution in [2.75, 3.05) is 31.7 Å². The number of ether oxygens (including phenoxy) is 3. The fourth-order valence-corrected chi connectivity index (χ4v) is 6.33. The zero-order valence-electron chi connectivity index (χ0n) is 21.2. The molecule has 10 nitrogen and oxygen atoms in total. The Labute approximate surface area is 228 Å². The van der Waals surface area contributed by atoms with Crippen molar-refractivity contribution in [3.8, 4) is 11.5 Å². The number of amides is 1. The summed E-state index contributed by atoms with van der Waals surface area (Å²) in [4.78, 5) is 29.7. The summed E-state index contributed by atoms with van der Waals surface area (Å²) in [5, 5.41) is 0. The first-order chi connectivity index (χ1) is 18.8. The third-order valence-corrected chi connectivity index (χ3v) is 9.03. The molecule has 0 saturated carbocycles. The van der Waals surface area contributed by atoms with Gasteiger partial charge in [0.1, 0.15) is 13.2 Å². The summed E-state index contributed by atoms with van der Waals surface area (Å²) in [6, 6.07) is 18.0. The Balaban J connectivity index is 1.48. The Morgan fingerprint density at radius 2 is 1.69 bits per heavy atom. The zero-order chi connectivity index (χ0) is 27.6. The van der Waals surface area contributed by atoms with E-state index in [4.69, 9.17) is 14.2 Å². The number of sulfonamides is 1. The second kappa shape index (κ2) is 10.9. The maximum Gasteiger partial charge on any atom is 0.307 e. The molecule has 5 rings (SSSR count). The summed E-state index contributed by atoms with van der Waals surface area (Å²) in [5.74, 6) is 0.235. The molecule has 39 heavy (non-hydrogen) atoms. The maximum atomic E-state index is 13.1. The molecule has 2 heterocycles. The van der Waals surface area contributed by atoms with E-state index in [0.717, 1.165) is 10.2 Å². The van der Waals surface area contributed by atoms with Gasteiger partial charge in [0.15, 0.2) is 16.3 Å². The number of aromatic nitrogens is 1. The van der Waals surface area contributed by atoms with Gasteiger partial charge in [0.05, 0.1) is 34.3 Å². The lowest BCUT2D eigenvalue weighted by molar-refractivity contribution is -0.140. The molecule has 3 aromatic carbocycles. The SMILES string of the molecule is COC(=O)CCn1c(=NC(=O)c2ccc(S(=O)(=O)N(C)c3ccccc3)cc2)sc2cc3c(cc21)OCCO3. The lowest BCUT2D eigenvalue weighted by atomic mass is 10.2. The molecule has 0 aliphatic carbocycles. The molecule has 0 fully saturated rings. The monoisotopic (exact) mass is 567 g/mol. The number of nitrogens with zero attached hydrogens (tertiary/aromatic N) is 3. The van der Waals surface area contributed by atoms with Crippen LogP contribution in [0.15, 0.2) is 76.6 Å². The van der Waals surface area contributed by atoms with Crippen LogP contribution >= 0.6 is 11.3 Å². The van der Waals surface area contributed by atoms with Gasteiger partial charge in [0, 0.05) is 31.3 Å². The highest BCUT2D eigenvalue weighted by molar-refractivity contribution is 7.92. The van der Waals surface area contributed by atoms with Crippen LogP contribution in [0, 0.1) is 0 Å². The fraction of sp³-hybridized carbons (Fsp3) is 0.222. The molecule has 0 atom stereocenters. The Morgan fingerprint density at radius 3 is 2.36 bits per heavy atom. The van der Waals surface area contributed by atoms with Crippen LogP contribution in [0.25, 0.3) is 10.2 Å². The molecule has 0 spiro atoms. The highest BCUT2D eigenvalue weighted by Crippen LogP contribution is 2.35. The number of aryl methyl sites for hydroxylation is 1. The van der Waals surface area contributed by atoms with E-state index in [9.17, 15) is 18.0 Å². The van der Waals surface area contributed by atoms with Crippen LogP contribution in [0.3, 0.4) is 0 Å². The number of hydrogen-bond donors (Lipinski definition) is 0. The van der Waals surface area contributed by atoms with Crippen molar-refractivity contribution in [2.45, 2.75) is 17.9 Å². The molecule has 1 aliphatic heterocycles. The van der Waals surface area contributed by atoms with E-state index in [1.165, 1.54) is 54.1 Å². The van der Waals surface area contributed by atoms with Gasteiger partial charge < -0.3 is 18.8 Å². The third kappa shape index (κ3) is 5.38. The van der Waals surface area contributed by atoms with Gasteiger partial charge in [0.2, 0.25) is 0 Å². The van der Waals surface area contributed by atoms with Gasteiger partial charge in [0.25, 0.3) is 15.9 Å². The van der Waals surface area contributed by atoms with Crippen LogP contribution in [0.4, 0.5) is 5.69 Å². The second-order valence-electron chi connectivity index (χ2n) is 8.58. The van der Waals surface area contributed by atoms with Gasteiger partial charge in [-0.05, 0) is 36.4 Å². The van der Waals surface area contributed by atoms with E-state index in [-0.39, 0.29) is 23.4 Å². The second-order valence-corrected chi connectivity index (χ2v) is 11.6. The molecule has 0 saturated heterocycles. The summed E-state index contributed by atoms with van der Waals surface area (Å²) in [5.41, 5.74) is 1.48. The van der Waals surface area contributed by atoms with Gasteiger partial charge in [-0.3, -0.25) is 13.9 Å². The summed E-state index contributed by atoms with van der Waals surface area (Å²) < 4.78 is 46.0. The number of thiazole rings is 1. The van der Waals surface area contributed by atoms with Crippen molar-refractivity contribution < 1.29 is 32.2 Å². The van der Waals surface area contributed by atoms with Crippen molar-refractivity contribution >= 4 is 49.1 Å². The first kappa shape index (κ1) is 26.4. The molecule has 1 aliphatic rings. The minimum atomic E-state index is -3.82. The Hall–Kier alpha value is -4.16. The van der Waals surface area contributed by atoms with Gasteiger partial charge in [-0.2, -0.15) is 4.99 Å². The number of benzene rings is 3. The molecular weight excluding hydrogens is 542 g/mol. The number of rotatable bonds is 7. The topological polar surface area (TPSA) is 117 Å². The predicted octanol–water partition coefficient (Wildman–Crippen LogP) is 3.60. The molecular formula is C27H25N3O7S2. The lowest BCUT2D eigenvalue weighted by Gasteiger charge is -2.19. The molecule has 0 radical (unpaired) electrons. The van der Waals surface area contributed by atoms with Crippen LogP contribution in [0.5, 0.6) is 11.5 Å². The van der Waals surface area contributed by atoms with Crippen molar-refractivity contribution in [3.05, 3.63) is 77.1 Å². The van der Waals surface area contributed by atoms with Crippen molar-refractivity contribution in [1.82, 2.24) is 4.57 Å². The molecule has 4 aromatic rings. The highest BCUT2D eigenvalue weighted by Gasteiger charge is 2.22. The van der Waals surface area contributed by atoms with Gasteiger partial charge >= 0.3 is 5.97 Å². The normalized spacial score (nSPS) is 13.3. The predicted molar refractivity (Wildman–Crippen MR) is 146 cm³/mol. The van der Waals surface area contributed by atoms with E-state index in [1.54, 1.807) is 34.9 Å². The van der Waals surface area contributed by atoms with Crippen LogP contribution in [-0.4, -0.2) is 52.2 Å². The van der Waals surface area contributed by atoms with E-state index in [2.05, 4.69) is 4.99 Å². The molecule has 202 valence electrons. The number of methoxy groups -OCH3 is 1. The summed E-state index contributed by atoms with van der Waals surface area (Å²) in [6.45, 7) is 1.10. The third-order valence-electron chi connectivity index (χ3n) is 6.19. The van der Waals surface area contributed by atoms with E-state index < -0.39 is 21.9 Å². The van der Waals surface area contributed by atoms with E-state index >= 15 is 0 Å². The molecule has 0 N–H and O–H groups in total. The van der Waals surface area contributed by atoms with E-state index in [0.29, 0.717) is 35.2 Å². The fourth-order valence-electron chi connectivity index (χ4n) is 4.07. The van der Waals surface area contributed by atoms with Gasteiger partial charge in [-0.25, -0.2) is 8.42 Å². The van der Waals surface area contributed by atoms with Crippen LogP contribution < -0.4 is 18.6 Å². The summed E-state index contributed by atoms with van der Waals surface area (Å²) in [6.07, 6.45) is 0.0830. The van der Waals surface area contributed by atoms with E-state index in [1.807, 2.05) is 12.1 Å². The number of carbonyl (C=O) groups excluding carboxylic acids is 2. The number of anilines is 1. The molecule has 12 heteroatoms. The van der Waals surface area contributed by atoms with Crippen molar-refractivity contribution in [2.24, 2.45) is 4.99 Å². The largest absolute Gasteiger partial charge is 0.486 e. The number of para-hydroxylation sites is 1. The average Bonchev–Trinajstić information content (AvgIpc) is 3.29. The van der Waals surface area contributed by atoms with Crippen LogP contribution in [0.2, 0.25) is 0 Å². The number of fused-ring (bicyclic) bond motifs is 2. The standard InChI is InChI=1S/C27H25N3O7S2/c1-29(19-6-4-3-5-7-19)39(33,34)20-10-8-18(9-11-20)26(32)28-27-30(13-12-25(31)35-2)21-16-22-23(17-24(21)38-27)37-15-14-36-22/h3-11,16-17H,12-15H2,1-2H3. The number of esters is 1. The minimum Gasteiger partial charge on any atom is -0.486 e. The zero-order valence-corrected chi connectivity index (χ0v) is 22.8. The molecule has 0 bridgehead atoms. The first-order valence-electron chi connectivity index (χ1n) is 12.0. The Bertz CT molecular complexity index is 1710. The number of hydrogen-bond acceptors (Lipinski definition) is 8. The molecule has 0 unspecified atom stereocenters. The lowest BCUT2D eigenvalue weighted by Crippen LogP contribution is -2.26. The smallest absolute Gasteiger partial charge is 0.307 e. The molecule has 1 amide bonds. The van der Waals surface area contributed by atoms with Crippen LogP contribution in [-0.2, 0) is 26.1 Å². The van der Waals surface area contributed by atoms with Gasteiger partial charge in [-0.1, -0.05) is 29.5 Å². The average molecular weight is 568 g/mol. The van der Waals surface area contributed by atoms with Gasteiger partial charge in [-0.15, -0.1) is 0 Å². The number of carbonyl (C=O) groups is 2. The Kier molecular flexibility index (Phi) is 7.40. The van der Waals surface area contributed by atoms with Crippen molar-refractivity contribution in [1.29, 1.82) is 0 Å². The van der Waals surface area contributed by atoms with Crippen molar-refractivity contribution in [3.63, 3.8) is 0 Å². The summed E-state index contributed by atoms with van der Waals surface area (Å²) in [7, 11) is -1.03. The maximum absolute atomic E-state index is 13.1. The summed E-state index contributed by atoms with van der Waals surface area (Å²) >= 11 is 1.27. The highest BCUT2D eigenvalue weighted by atomic mass is 32.2. The minimum absolute atomic E-state index is 0.0472. The Morgan fingerprint density at radius 1 is 1.03 bits per heavy atom.